The Kier molecular flexibility index (Phi) is 5.84. The molecular weight excluding hydrogens is 591 g/mol. The Bertz CT molecular complexity index is 1930. The molecule has 42 heavy (non-hydrogen) atoms. The van der Waals surface area contributed by atoms with Gasteiger partial charge in [0.05, 0.1) is 26.7 Å². The van der Waals surface area contributed by atoms with E-state index in [0.29, 0.717) is 38.5 Å². The highest BCUT2D eigenvalue weighted by atomic mass is 35.5. The summed E-state index contributed by atoms with van der Waals surface area (Å²) in [5, 5.41) is 7.25. The Balaban J connectivity index is 1.13. The van der Waals surface area contributed by atoms with Crippen molar-refractivity contribution >= 4 is 67.0 Å². The molecule has 0 bridgehead atoms. The van der Waals surface area contributed by atoms with Crippen molar-refractivity contribution < 1.29 is 18.8 Å². The van der Waals surface area contributed by atoms with Crippen LogP contribution in [-0.4, -0.2) is 16.8 Å². The minimum absolute atomic E-state index is 0.0245. The predicted octanol–water partition coefficient (Wildman–Crippen LogP) is 9.23. The maximum atomic E-state index is 13.8. The predicted molar refractivity (Wildman–Crippen MR) is 165 cm³/mol. The molecule has 0 radical (unpaired) electrons. The van der Waals surface area contributed by atoms with Gasteiger partial charge in [-0.1, -0.05) is 46.6 Å². The molecule has 2 aliphatic carbocycles. The number of fused-ring (bicyclic) bond motifs is 3. The number of benzene rings is 3. The van der Waals surface area contributed by atoms with Crippen LogP contribution in [-0.2, 0) is 16.8 Å². The Morgan fingerprint density at radius 3 is 2.60 bits per heavy atom. The third kappa shape index (κ3) is 4.02. The van der Waals surface area contributed by atoms with Crippen molar-refractivity contribution in [3.8, 4) is 17.0 Å². The number of ether oxygens (including phenoxy) is 1. The Labute approximate surface area is 255 Å². The fourth-order valence-corrected chi connectivity index (χ4v) is 7.69. The second-order valence-corrected chi connectivity index (χ2v) is 13.2. The fourth-order valence-electron chi connectivity index (χ4n) is 6.00. The Morgan fingerprint density at radius 2 is 1.88 bits per heavy atom. The van der Waals surface area contributed by atoms with Crippen molar-refractivity contribution in [2.45, 2.75) is 50.5 Å². The van der Waals surface area contributed by atoms with Crippen molar-refractivity contribution in [2.24, 2.45) is 0 Å². The van der Waals surface area contributed by atoms with Gasteiger partial charge in [-0.25, -0.2) is 0 Å². The molecule has 0 N–H and O–H groups in total. The minimum Gasteiger partial charge on any atom is -0.489 e. The number of halogens is 2. The highest BCUT2D eigenvalue weighted by molar-refractivity contribution is 7.23. The summed E-state index contributed by atoms with van der Waals surface area (Å²) in [6.07, 6.45) is 3.71. The minimum atomic E-state index is -0.512. The number of rotatable bonds is 7. The molecule has 1 amide bonds. The van der Waals surface area contributed by atoms with Crippen molar-refractivity contribution in [3.05, 3.63) is 93.2 Å². The van der Waals surface area contributed by atoms with Crippen molar-refractivity contribution in [1.82, 2.24) is 5.16 Å². The number of carbonyl (C=O) groups is 2. The maximum absolute atomic E-state index is 13.8. The third-order valence-electron chi connectivity index (χ3n) is 8.57. The Morgan fingerprint density at radius 1 is 1.10 bits per heavy atom. The van der Waals surface area contributed by atoms with Crippen LogP contribution in [0, 0.1) is 0 Å². The van der Waals surface area contributed by atoms with Crippen molar-refractivity contribution in [1.29, 1.82) is 0 Å². The lowest BCUT2D eigenvalue weighted by atomic mass is 9.98. The molecule has 1 spiro atoms. The van der Waals surface area contributed by atoms with Gasteiger partial charge in [-0.15, -0.1) is 11.3 Å². The number of aromatic nitrogens is 1. The molecule has 1 aliphatic heterocycles. The summed E-state index contributed by atoms with van der Waals surface area (Å²) in [7, 11) is 0. The van der Waals surface area contributed by atoms with Gasteiger partial charge in [-0.3, -0.25) is 14.5 Å². The first kappa shape index (κ1) is 26.0. The molecule has 5 aromatic rings. The van der Waals surface area contributed by atoms with Crippen molar-refractivity contribution in [2.75, 3.05) is 4.90 Å². The van der Waals surface area contributed by atoms with Crippen molar-refractivity contribution in [3.63, 3.8) is 0 Å². The van der Waals surface area contributed by atoms with Crippen LogP contribution in [0.15, 0.2) is 65.2 Å². The van der Waals surface area contributed by atoms with Gasteiger partial charge in [-0.05, 0) is 86.0 Å². The molecule has 0 saturated heterocycles. The highest BCUT2D eigenvalue weighted by Gasteiger charge is 2.60. The van der Waals surface area contributed by atoms with Crippen LogP contribution >= 0.6 is 34.5 Å². The van der Waals surface area contributed by atoms with E-state index in [4.69, 9.17) is 32.5 Å². The summed E-state index contributed by atoms with van der Waals surface area (Å²) in [5.41, 5.74) is 4.13. The zero-order valence-electron chi connectivity index (χ0n) is 22.6. The zero-order valence-corrected chi connectivity index (χ0v) is 24.9. The average molecular weight is 616 g/mol. The standard InChI is InChI=1S/C33H24Cl2N2O4S/c1-17(38)19-7-8-20-14-28(42-27(20)13-19)37-26-10-9-21(15-23(26)33(11-12-33)32(37)39)40-16-22-30(36-41-31(22)18-5-6-18)29-24(34)3-2-4-25(29)35/h2-4,7-10,13-15,18H,5-6,11-12,16H2,1H3. The normalized spacial score (nSPS) is 16.8. The van der Waals surface area contributed by atoms with E-state index in [0.717, 1.165) is 63.3 Å². The second-order valence-electron chi connectivity index (χ2n) is 11.3. The summed E-state index contributed by atoms with van der Waals surface area (Å²) in [4.78, 5) is 27.6. The number of hydrogen-bond acceptors (Lipinski definition) is 6. The lowest BCUT2D eigenvalue weighted by molar-refractivity contribution is -0.119. The third-order valence-corrected chi connectivity index (χ3v) is 10.3. The summed E-state index contributed by atoms with van der Waals surface area (Å²) in [5.74, 6) is 1.94. The molecule has 2 fully saturated rings. The van der Waals surface area contributed by atoms with E-state index in [-0.39, 0.29) is 18.3 Å². The second kappa shape index (κ2) is 9.43. The van der Waals surface area contributed by atoms with Crippen LogP contribution in [0.5, 0.6) is 5.75 Å². The van der Waals surface area contributed by atoms with Crippen LogP contribution in [0.2, 0.25) is 10.0 Å². The fraction of sp³-hybridized carbons (Fsp3) is 0.242. The van der Waals surface area contributed by atoms with E-state index in [1.165, 1.54) is 11.3 Å². The van der Waals surface area contributed by atoms with Gasteiger partial charge in [0, 0.05) is 21.7 Å². The molecule has 0 unspecified atom stereocenters. The number of nitrogens with zero attached hydrogens (tertiary/aromatic N) is 2. The Hall–Kier alpha value is -3.65. The topological polar surface area (TPSA) is 72.6 Å². The zero-order chi connectivity index (χ0) is 28.7. The van der Waals surface area contributed by atoms with Gasteiger partial charge in [0.15, 0.2) is 5.78 Å². The van der Waals surface area contributed by atoms with E-state index >= 15 is 0 Å². The van der Waals surface area contributed by atoms with Crippen LogP contribution < -0.4 is 9.64 Å². The van der Waals surface area contributed by atoms with Crippen LogP contribution in [0.4, 0.5) is 10.7 Å². The number of anilines is 2. The lowest BCUT2D eigenvalue weighted by Crippen LogP contribution is -2.27. The van der Waals surface area contributed by atoms with Gasteiger partial charge in [0.25, 0.3) is 0 Å². The van der Waals surface area contributed by atoms with Crippen LogP contribution in [0.25, 0.3) is 21.3 Å². The summed E-state index contributed by atoms with van der Waals surface area (Å²) in [6.45, 7) is 1.81. The van der Waals surface area contributed by atoms with Gasteiger partial charge >= 0.3 is 0 Å². The lowest BCUT2D eigenvalue weighted by Gasteiger charge is -2.16. The number of ketones is 1. The molecule has 210 valence electrons. The van der Waals surface area contributed by atoms with E-state index in [1.54, 1.807) is 25.1 Å². The van der Waals surface area contributed by atoms with E-state index < -0.39 is 5.41 Å². The molecule has 3 heterocycles. The first-order chi connectivity index (χ1) is 20.3. The number of carbonyl (C=O) groups excluding carboxylic acids is 2. The summed E-state index contributed by atoms with van der Waals surface area (Å²) < 4.78 is 13.2. The van der Waals surface area contributed by atoms with E-state index in [2.05, 4.69) is 5.16 Å². The highest BCUT2D eigenvalue weighted by Crippen LogP contribution is 2.60. The smallest absolute Gasteiger partial charge is 0.242 e. The molecule has 0 atom stereocenters. The van der Waals surface area contributed by atoms with E-state index in [9.17, 15) is 9.59 Å². The molecule has 2 saturated carbocycles. The van der Waals surface area contributed by atoms with Gasteiger partial charge in [0.2, 0.25) is 5.91 Å². The molecular formula is C33H24Cl2N2O4S. The van der Waals surface area contributed by atoms with E-state index in [1.807, 2.05) is 47.4 Å². The first-order valence-electron chi connectivity index (χ1n) is 13.9. The van der Waals surface area contributed by atoms with Gasteiger partial charge in [-0.2, -0.15) is 0 Å². The molecule has 3 aromatic carbocycles. The molecule has 3 aliphatic rings. The average Bonchev–Trinajstić information content (AvgIpc) is 3.88. The largest absolute Gasteiger partial charge is 0.489 e. The molecule has 6 nitrogen and oxygen atoms in total. The number of Topliss-reactive ketones (excluding diaryl/α,β-unsaturated/α-hetero) is 1. The van der Waals surface area contributed by atoms with Gasteiger partial charge < -0.3 is 9.26 Å². The summed E-state index contributed by atoms with van der Waals surface area (Å²) in [6, 6.07) is 19.0. The molecule has 8 rings (SSSR count). The molecule has 9 heteroatoms. The number of hydrogen-bond donors (Lipinski definition) is 0. The number of amides is 1. The quantitative estimate of drug-likeness (QED) is 0.171. The molecule has 2 aromatic heterocycles. The van der Waals surface area contributed by atoms with Crippen LogP contribution in [0.3, 0.4) is 0 Å². The first-order valence-corrected chi connectivity index (χ1v) is 15.5. The van der Waals surface area contributed by atoms with Crippen LogP contribution in [0.1, 0.15) is 65.8 Å². The SMILES string of the molecule is CC(=O)c1ccc2cc(N3C(=O)C4(CC4)c4cc(OCc5c(-c6c(Cl)cccc6Cl)noc5C5CC5)ccc43)sc2c1. The maximum Gasteiger partial charge on any atom is 0.242 e. The monoisotopic (exact) mass is 614 g/mol. The summed E-state index contributed by atoms with van der Waals surface area (Å²) >= 11 is 14.6. The number of thiophene rings is 1. The van der Waals surface area contributed by atoms with Gasteiger partial charge in [0.1, 0.15) is 28.8 Å².